The van der Waals surface area contributed by atoms with Crippen LogP contribution in [-0.4, -0.2) is 22.6 Å². The number of aryl methyl sites for hydroxylation is 1. The molecule has 0 unspecified atom stereocenters. The summed E-state index contributed by atoms with van der Waals surface area (Å²) in [5.74, 6) is 0.781. The van der Waals surface area contributed by atoms with Crippen LogP contribution < -0.4 is 10.5 Å². The Balaban J connectivity index is 2.55. The van der Waals surface area contributed by atoms with Gasteiger partial charge >= 0.3 is 0 Å². The second-order valence-corrected chi connectivity index (χ2v) is 3.81. The molecular formula is C11H15N3O. The summed E-state index contributed by atoms with van der Waals surface area (Å²) >= 11 is 0. The molecule has 80 valence electrons. The van der Waals surface area contributed by atoms with Gasteiger partial charge in [0.25, 0.3) is 5.56 Å². The Labute approximate surface area is 88.9 Å². The molecule has 0 radical (unpaired) electrons. The van der Waals surface area contributed by atoms with Crippen molar-refractivity contribution in [2.75, 3.05) is 18.0 Å². The number of nitrogens with zero attached hydrogens (tertiary/aromatic N) is 3. The number of aromatic nitrogens is 2. The van der Waals surface area contributed by atoms with Crippen LogP contribution in [0.4, 0.5) is 5.95 Å². The molecule has 0 fully saturated rings. The highest BCUT2D eigenvalue weighted by Gasteiger charge is 2.22. The fraction of sp³-hybridized carbons (Fsp3) is 0.455. The zero-order valence-corrected chi connectivity index (χ0v) is 9.16. The molecule has 1 aromatic heterocycles. The van der Waals surface area contributed by atoms with E-state index in [9.17, 15) is 4.79 Å². The summed E-state index contributed by atoms with van der Waals surface area (Å²) in [6.45, 7) is 9.73. The van der Waals surface area contributed by atoms with Crippen molar-refractivity contribution < 1.29 is 0 Å². The second-order valence-electron chi connectivity index (χ2n) is 3.81. The smallest absolute Gasteiger partial charge is 0.258 e. The molecule has 0 saturated carbocycles. The Hall–Kier alpha value is -1.58. The Morgan fingerprint density at radius 3 is 2.87 bits per heavy atom. The van der Waals surface area contributed by atoms with Gasteiger partial charge in [0.1, 0.15) is 0 Å². The average Bonchev–Trinajstić information content (AvgIpc) is 2.59. The summed E-state index contributed by atoms with van der Waals surface area (Å²) < 4.78 is 1.74. The van der Waals surface area contributed by atoms with Gasteiger partial charge in [-0.15, -0.1) is 6.58 Å². The van der Waals surface area contributed by atoms with E-state index in [-0.39, 0.29) is 5.56 Å². The van der Waals surface area contributed by atoms with E-state index in [4.69, 9.17) is 0 Å². The van der Waals surface area contributed by atoms with E-state index in [0.29, 0.717) is 0 Å². The predicted octanol–water partition coefficient (Wildman–Crippen LogP) is 0.866. The van der Waals surface area contributed by atoms with Crippen molar-refractivity contribution >= 4 is 5.95 Å². The van der Waals surface area contributed by atoms with E-state index in [1.54, 1.807) is 4.57 Å². The van der Waals surface area contributed by atoms with E-state index in [1.807, 2.05) is 19.9 Å². The van der Waals surface area contributed by atoms with Crippen molar-refractivity contribution in [2.24, 2.45) is 0 Å². The molecule has 2 heterocycles. The minimum absolute atomic E-state index is 0.0871. The van der Waals surface area contributed by atoms with Crippen LogP contribution in [0, 0.1) is 13.8 Å². The van der Waals surface area contributed by atoms with Crippen molar-refractivity contribution in [1.82, 2.24) is 9.55 Å². The van der Waals surface area contributed by atoms with E-state index < -0.39 is 0 Å². The number of anilines is 1. The standard InChI is InChI=1S/C11H15N3O/c1-4-5-13-6-7-14-10(15)8(2)9(3)12-11(13)14/h4H,1,5-7H2,2-3H3. The van der Waals surface area contributed by atoms with Crippen LogP contribution in [0.25, 0.3) is 0 Å². The molecule has 1 aliphatic heterocycles. The first-order chi connectivity index (χ1) is 7.15. The van der Waals surface area contributed by atoms with Gasteiger partial charge in [-0.25, -0.2) is 4.98 Å². The molecule has 15 heavy (non-hydrogen) atoms. The zero-order valence-electron chi connectivity index (χ0n) is 9.16. The topological polar surface area (TPSA) is 38.1 Å². The van der Waals surface area contributed by atoms with Gasteiger partial charge in [-0.2, -0.15) is 0 Å². The molecule has 0 amide bonds. The first-order valence-electron chi connectivity index (χ1n) is 5.09. The molecule has 0 aromatic carbocycles. The van der Waals surface area contributed by atoms with Gasteiger partial charge in [0.05, 0.1) is 0 Å². The quantitative estimate of drug-likeness (QED) is 0.672. The fourth-order valence-electron chi connectivity index (χ4n) is 1.83. The van der Waals surface area contributed by atoms with Crippen molar-refractivity contribution in [1.29, 1.82) is 0 Å². The summed E-state index contributed by atoms with van der Waals surface area (Å²) in [5.41, 5.74) is 1.66. The second kappa shape index (κ2) is 3.53. The van der Waals surface area contributed by atoms with E-state index in [1.165, 1.54) is 0 Å². The van der Waals surface area contributed by atoms with E-state index >= 15 is 0 Å². The SMILES string of the molecule is C=CCN1CCn2c1nc(C)c(C)c2=O. The van der Waals surface area contributed by atoms with Crippen LogP contribution >= 0.6 is 0 Å². The Bertz CT molecular complexity index is 462. The van der Waals surface area contributed by atoms with Crippen LogP contribution in [0.5, 0.6) is 0 Å². The molecule has 4 heteroatoms. The van der Waals surface area contributed by atoms with Gasteiger partial charge in [0.2, 0.25) is 5.95 Å². The molecule has 1 aromatic rings. The summed E-state index contributed by atoms with van der Waals surface area (Å²) in [4.78, 5) is 18.4. The lowest BCUT2D eigenvalue weighted by atomic mass is 10.3. The largest absolute Gasteiger partial charge is 0.337 e. The highest BCUT2D eigenvalue weighted by atomic mass is 16.1. The molecule has 1 aliphatic rings. The van der Waals surface area contributed by atoms with Crippen molar-refractivity contribution in [3.63, 3.8) is 0 Å². The lowest BCUT2D eigenvalue weighted by Gasteiger charge is -2.15. The van der Waals surface area contributed by atoms with Crippen LogP contribution in [0.15, 0.2) is 17.4 Å². The Kier molecular flexibility index (Phi) is 2.34. The number of hydrogen-bond donors (Lipinski definition) is 0. The van der Waals surface area contributed by atoms with Gasteiger partial charge < -0.3 is 4.90 Å². The van der Waals surface area contributed by atoms with Crippen LogP contribution in [0.3, 0.4) is 0 Å². The van der Waals surface area contributed by atoms with Gasteiger partial charge in [-0.1, -0.05) is 6.08 Å². The normalized spacial score (nSPS) is 14.1. The summed E-state index contributed by atoms with van der Waals surface area (Å²) in [6.07, 6.45) is 1.83. The molecule has 2 rings (SSSR count). The van der Waals surface area contributed by atoms with Crippen LogP contribution in [0.1, 0.15) is 11.3 Å². The minimum atomic E-state index is 0.0871. The maximum Gasteiger partial charge on any atom is 0.258 e. The zero-order chi connectivity index (χ0) is 11.0. The first kappa shape index (κ1) is 9.96. The monoisotopic (exact) mass is 205 g/mol. The molecule has 0 atom stereocenters. The van der Waals surface area contributed by atoms with Crippen molar-refractivity contribution in [3.05, 3.63) is 34.3 Å². The third-order valence-corrected chi connectivity index (χ3v) is 2.84. The fourth-order valence-corrected chi connectivity index (χ4v) is 1.83. The number of hydrogen-bond acceptors (Lipinski definition) is 3. The molecular weight excluding hydrogens is 190 g/mol. The Morgan fingerprint density at radius 2 is 2.20 bits per heavy atom. The van der Waals surface area contributed by atoms with E-state index in [2.05, 4.69) is 16.5 Å². The van der Waals surface area contributed by atoms with Gasteiger partial charge in [-0.3, -0.25) is 9.36 Å². The Morgan fingerprint density at radius 1 is 1.47 bits per heavy atom. The lowest BCUT2D eigenvalue weighted by Crippen LogP contribution is -2.25. The highest BCUT2D eigenvalue weighted by molar-refractivity contribution is 5.38. The summed E-state index contributed by atoms with van der Waals surface area (Å²) in [5, 5.41) is 0. The maximum atomic E-state index is 11.9. The molecule has 0 bridgehead atoms. The summed E-state index contributed by atoms with van der Waals surface area (Å²) in [7, 11) is 0. The van der Waals surface area contributed by atoms with Crippen LogP contribution in [-0.2, 0) is 6.54 Å². The minimum Gasteiger partial charge on any atom is -0.337 e. The van der Waals surface area contributed by atoms with E-state index in [0.717, 1.165) is 36.8 Å². The van der Waals surface area contributed by atoms with Gasteiger partial charge in [-0.05, 0) is 13.8 Å². The third-order valence-electron chi connectivity index (χ3n) is 2.84. The first-order valence-corrected chi connectivity index (χ1v) is 5.09. The molecule has 0 saturated heterocycles. The van der Waals surface area contributed by atoms with Gasteiger partial charge in [0.15, 0.2) is 0 Å². The van der Waals surface area contributed by atoms with Crippen LogP contribution in [0.2, 0.25) is 0 Å². The molecule has 4 nitrogen and oxygen atoms in total. The van der Waals surface area contributed by atoms with Gasteiger partial charge in [0, 0.05) is 30.9 Å². The molecule has 0 aliphatic carbocycles. The molecule has 0 N–H and O–H groups in total. The summed E-state index contributed by atoms with van der Waals surface area (Å²) in [6, 6.07) is 0. The average molecular weight is 205 g/mol. The van der Waals surface area contributed by atoms with Crippen molar-refractivity contribution in [2.45, 2.75) is 20.4 Å². The van der Waals surface area contributed by atoms with Crippen molar-refractivity contribution in [3.8, 4) is 0 Å². The highest BCUT2D eigenvalue weighted by Crippen LogP contribution is 2.17. The maximum absolute atomic E-state index is 11.9. The number of rotatable bonds is 2. The predicted molar refractivity (Wildman–Crippen MR) is 60.4 cm³/mol. The molecule has 0 spiro atoms. The lowest BCUT2D eigenvalue weighted by molar-refractivity contribution is 0.744. The number of fused-ring (bicyclic) bond motifs is 1. The third kappa shape index (κ3) is 1.46.